The summed E-state index contributed by atoms with van der Waals surface area (Å²) < 4.78 is 0. The molecule has 0 saturated heterocycles. The molecule has 2 heterocycles. The molecule has 10 heteroatoms. The molecule has 0 saturated carbocycles. The van der Waals surface area contributed by atoms with Gasteiger partial charge in [0, 0.05) is 35.0 Å². The predicted molar refractivity (Wildman–Crippen MR) is 94.2 cm³/mol. The molecule has 0 bridgehead atoms. The van der Waals surface area contributed by atoms with Gasteiger partial charge in [0.25, 0.3) is 5.56 Å². The summed E-state index contributed by atoms with van der Waals surface area (Å²) in [6, 6.07) is 0. The number of hydrogen-bond donors (Lipinski definition) is 2. The molecule has 2 N–H and O–H groups in total. The molecular weight excluding hydrogens is 367 g/mol. The Morgan fingerprint density at radius 1 is 1.14 bits per heavy atom. The lowest BCUT2D eigenvalue weighted by Gasteiger charge is -1.99. The predicted octanol–water partition coefficient (Wildman–Crippen LogP) is 2.57. The van der Waals surface area contributed by atoms with Crippen molar-refractivity contribution < 1.29 is 0 Å². The van der Waals surface area contributed by atoms with Crippen molar-refractivity contribution in [2.45, 2.75) is 11.5 Å². The highest BCUT2D eigenvalue weighted by Crippen LogP contribution is 2.17. The molecule has 0 aliphatic carbocycles. The first kappa shape index (κ1) is 19.1. The molecule has 0 spiro atoms. The molecule has 0 fully saturated rings. The third-order valence-corrected chi connectivity index (χ3v) is 3.99. The molecule has 120 valence electrons. The van der Waals surface area contributed by atoms with E-state index in [1.165, 1.54) is 18.0 Å². The Bertz CT molecular complexity index is 721. The SMILES string of the molecule is CSCc1c[nH]c(=O)[nH]c1=O.CSCc1cnc(Cl)nc1Cl. The highest BCUT2D eigenvalue weighted by molar-refractivity contribution is 7.98. The monoisotopic (exact) mass is 380 g/mol. The van der Waals surface area contributed by atoms with E-state index in [9.17, 15) is 9.59 Å². The van der Waals surface area contributed by atoms with Crippen LogP contribution in [0.3, 0.4) is 0 Å². The number of halogens is 2. The summed E-state index contributed by atoms with van der Waals surface area (Å²) in [5.41, 5.74) is 0.753. The second kappa shape index (κ2) is 9.94. The Hall–Kier alpha value is -0.960. The largest absolute Gasteiger partial charge is 0.325 e. The van der Waals surface area contributed by atoms with Crippen LogP contribution >= 0.6 is 46.7 Å². The minimum Gasteiger partial charge on any atom is -0.314 e. The maximum atomic E-state index is 10.9. The number of nitrogens with zero attached hydrogens (tertiary/aromatic N) is 2. The van der Waals surface area contributed by atoms with Crippen LogP contribution in [0.15, 0.2) is 22.0 Å². The van der Waals surface area contributed by atoms with Crippen LogP contribution < -0.4 is 11.2 Å². The fourth-order valence-electron chi connectivity index (χ4n) is 1.32. The first-order valence-electron chi connectivity index (χ1n) is 5.93. The van der Waals surface area contributed by atoms with Crippen molar-refractivity contribution in [3.8, 4) is 0 Å². The van der Waals surface area contributed by atoms with Gasteiger partial charge in [-0.15, -0.1) is 0 Å². The van der Waals surface area contributed by atoms with Gasteiger partial charge in [-0.25, -0.2) is 14.8 Å². The van der Waals surface area contributed by atoms with Crippen molar-refractivity contribution in [1.29, 1.82) is 0 Å². The highest BCUT2D eigenvalue weighted by atomic mass is 35.5. The maximum absolute atomic E-state index is 10.9. The van der Waals surface area contributed by atoms with Crippen molar-refractivity contribution >= 4 is 46.7 Å². The van der Waals surface area contributed by atoms with Gasteiger partial charge < -0.3 is 4.98 Å². The lowest BCUT2D eigenvalue weighted by atomic mass is 10.4. The van der Waals surface area contributed by atoms with E-state index in [0.29, 0.717) is 16.5 Å². The van der Waals surface area contributed by atoms with E-state index in [1.807, 2.05) is 12.5 Å². The van der Waals surface area contributed by atoms with E-state index in [0.717, 1.165) is 11.3 Å². The Kier molecular flexibility index (Phi) is 8.62. The number of rotatable bonds is 4. The fraction of sp³-hybridized carbons (Fsp3) is 0.333. The van der Waals surface area contributed by atoms with Crippen LogP contribution in [0.5, 0.6) is 0 Å². The molecule has 2 aromatic rings. The molecule has 2 aromatic heterocycles. The van der Waals surface area contributed by atoms with Gasteiger partial charge in [-0.2, -0.15) is 23.5 Å². The summed E-state index contributed by atoms with van der Waals surface area (Å²) >= 11 is 14.5. The Balaban J connectivity index is 0.000000220. The molecule has 6 nitrogen and oxygen atoms in total. The zero-order valence-electron chi connectivity index (χ0n) is 11.9. The number of nitrogens with one attached hydrogen (secondary N) is 2. The van der Waals surface area contributed by atoms with Gasteiger partial charge in [0.1, 0.15) is 5.15 Å². The van der Waals surface area contributed by atoms with Crippen LogP contribution in [0.1, 0.15) is 11.1 Å². The quantitative estimate of drug-likeness (QED) is 0.625. The van der Waals surface area contributed by atoms with Gasteiger partial charge in [-0.05, 0) is 24.1 Å². The zero-order chi connectivity index (χ0) is 16.5. The zero-order valence-corrected chi connectivity index (χ0v) is 15.0. The van der Waals surface area contributed by atoms with E-state index >= 15 is 0 Å². The van der Waals surface area contributed by atoms with Gasteiger partial charge >= 0.3 is 5.69 Å². The Morgan fingerprint density at radius 2 is 1.77 bits per heavy atom. The molecule has 0 atom stereocenters. The van der Waals surface area contributed by atoms with E-state index in [1.54, 1.807) is 18.0 Å². The maximum Gasteiger partial charge on any atom is 0.325 e. The average Bonchev–Trinajstić information content (AvgIpc) is 2.46. The first-order valence-corrected chi connectivity index (χ1v) is 9.48. The Labute approximate surface area is 145 Å². The smallest absolute Gasteiger partial charge is 0.314 e. The van der Waals surface area contributed by atoms with Gasteiger partial charge in [-0.1, -0.05) is 11.6 Å². The highest BCUT2D eigenvalue weighted by Gasteiger charge is 2.01. The number of H-pyrrole nitrogens is 2. The summed E-state index contributed by atoms with van der Waals surface area (Å²) in [4.78, 5) is 33.6. The molecule has 0 aliphatic heterocycles. The van der Waals surface area contributed by atoms with Crippen molar-refractivity contribution in [1.82, 2.24) is 19.9 Å². The number of aromatic amines is 2. The molecule has 2 rings (SSSR count). The number of thioether (sulfide) groups is 2. The number of aromatic nitrogens is 4. The summed E-state index contributed by atoms with van der Waals surface area (Å²) in [6.07, 6.45) is 6.97. The minimum absolute atomic E-state index is 0.194. The second-order valence-electron chi connectivity index (χ2n) is 3.92. The van der Waals surface area contributed by atoms with E-state index in [4.69, 9.17) is 23.2 Å². The minimum atomic E-state index is -0.458. The molecule has 0 radical (unpaired) electrons. The van der Waals surface area contributed by atoms with Crippen LogP contribution in [0.4, 0.5) is 0 Å². The van der Waals surface area contributed by atoms with E-state index in [2.05, 4.69) is 19.9 Å². The summed E-state index contributed by atoms with van der Waals surface area (Å²) in [7, 11) is 0. The van der Waals surface area contributed by atoms with Crippen LogP contribution in [-0.4, -0.2) is 32.4 Å². The molecule has 0 unspecified atom stereocenters. The van der Waals surface area contributed by atoms with E-state index < -0.39 is 5.69 Å². The molecule has 22 heavy (non-hydrogen) atoms. The lowest BCUT2D eigenvalue weighted by Crippen LogP contribution is -2.23. The standard InChI is InChI=1S/C6H6Cl2N2S.C6H8N2O2S/c1-11-3-4-2-9-6(8)10-5(4)7;1-11-3-4-2-7-6(10)8-5(4)9/h2H,3H2,1H3;2H,3H2,1H3,(H2,7,8,9,10). The van der Waals surface area contributed by atoms with Crippen LogP contribution in [0.25, 0.3) is 0 Å². The van der Waals surface area contributed by atoms with E-state index in [-0.39, 0.29) is 10.8 Å². The summed E-state index contributed by atoms with van der Waals surface area (Å²) in [5, 5.41) is 0.638. The normalized spacial score (nSPS) is 10.0. The third kappa shape index (κ3) is 6.43. The fourth-order valence-corrected chi connectivity index (χ4v) is 2.82. The molecular formula is C12H14Cl2N4O2S2. The van der Waals surface area contributed by atoms with Crippen LogP contribution in [0.2, 0.25) is 10.4 Å². The Morgan fingerprint density at radius 3 is 2.32 bits per heavy atom. The molecule has 0 aliphatic rings. The van der Waals surface area contributed by atoms with Gasteiger partial charge in [0.05, 0.1) is 0 Å². The van der Waals surface area contributed by atoms with Crippen molar-refractivity contribution in [2.24, 2.45) is 0 Å². The van der Waals surface area contributed by atoms with Gasteiger partial charge in [0.2, 0.25) is 5.28 Å². The van der Waals surface area contributed by atoms with Crippen LogP contribution in [-0.2, 0) is 11.5 Å². The second-order valence-corrected chi connectivity index (χ2v) is 6.35. The van der Waals surface area contributed by atoms with Crippen LogP contribution in [0, 0.1) is 0 Å². The van der Waals surface area contributed by atoms with Crippen molar-refractivity contribution in [3.63, 3.8) is 0 Å². The topological polar surface area (TPSA) is 91.5 Å². The first-order chi connectivity index (χ1) is 10.5. The third-order valence-electron chi connectivity index (χ3n) is 2.28. The molecule has 0 amide bonds. The van der Waals surface area contributed by atoms with Crippen molar-refractivity contribution in [3.05, 3.63) is 54.8 Å². The lowest BCUT2D eigenvalue weighted by molar-refractivity contribution is 1.00. The summed E-state index contributed by atoms with van der Waals surface area (Å²) in [5.74, 6) is 1.43. The average molecular weight is 381 g/mol. The summed E-state index contributed by atoms with van der Waals surface area (Å²) in [6.45, 7) is 0. The van der Waals surface area contributed by atoms with Crippen molar-refractivity contribution in [2.75, 3.05) is 12.5 Å². The van der Waals surface area contributed by atoms with Gasteiger partial charge in [-0.3, -0.25) is 9.78 Å². The van der Waals surface area contributed by atoms with Gasteiger partial charge in [0.15, 0.2) is 0 Å². The molecule has 0 aromatic carbocycles. The number of hydrogen-bond acceptors (Lipinski definition) is 6.